The number of nitrogen functional groups attached to an aromatic ring is 1. The summed E-state index contributed by atoms with van der Waals surface area (Å²) in [5, 5.41) is 0. The van der Waals surface area contributed by atoms with Gasteiger partial charge in [0.15, 0.2) is 0 Å². The van der Waals surface area contributed by atoms with Crippen molar-refractivity contribution in [3.05, 3.63) is 24.3 Å². The summed E-state index contributed by atoms with van der Waals surface area (Å²) in [7, 11) is 0. The van der Waals surface area contributed by atoms with Gasteiger partial charge in [0.2, 0.25) is 0 Å². The van der Waals surface area contributed by atoms with Crippen LogP contribution in [0.1, 0.15) is 6.92 Å². The van der Waals surface area contributed by atoms with Gasteiger partial charge in [-0.3, -0.25) is 0 Å². The lowest BCUT2D eigenvalue weighted by atomic mass is 10.2. The number of nitrogens with zero attached hydrogens (tertiary/aromatic N) is 2. The number of piperazine rings is 1. The number of hydrogen-bond acceptors (Lipinski definition) is 4. The molecule has 98 valence electrons. The molecule has 0 spiro atoms. The molecule has 0 bridgehead atoms. The van der Waals surface area contributed by atoms with Gasteiger partial charge in [-0.15, -0.1) is 0 Å². The van der Waals surface area contributed by atoms with Gasteiger partial charge >= 0.3 is 6.09 Å². The van der Waals surface area contributed by atoms with Crippen molar-refractivity contribution in [2.24, 2.45) is 0 Å². The van der Waals surface area contributed by atoms with Crippen LogP contribution in [0.2, 0.25) is 0 Å². The first-order chi connectivity index (χ1) is 8.70. The van der Waals surface area contributed by atoms with Gasteiger partial charge in [-0.05, 0) is 31.2 Å². The highest BCUT2D eigenvalue weighted by Gasteiger charge is 2.21. The summed E-state index contributed by atoms with van der Waals surface area (Å²) in [5.41, 5.74) is 7.58. The molecule has 5 nitrogen and oxygen atoms in total. The number of rotatable bonds is 2. The van der Waals surface area contributed by atoms with Crippen LogP contribution in [-0.4, -0.2) is 43.8 Å². The Labute approximate surface area is 107 Å². The van der Waals surface area contributed by atoms with Gasteiger partial charge < -0.3 is 20.3 Å². The lowest BCUT2D eigenvalue weighted by Gasteiger charge is -2.35. The maximum absolute atomic E-state index is 11.6. The highest BCUT2D eigenvalue weighted by molar-refractivity contribution is 5.68. The van der Waals surface area contributed by atoms with Crippen LogP contribution >= 0.6 is 0 Å². The van der Waals surface area contributed by atoms with Crippen molar-refractivity contribution in [3.8, 4) is 0 Å². The van der Waals surface area contributed by atoms with Crippen LogP contribution in [-0.2, 0) is 4.74 Å². The fourth-order valence-corrected chi connectivity index (χ4v) is 2.05. The van der Waals surface area contributed by atoms with E-state index in [1.54, 1.807) is 4.90 Å². The van der Waals surface area contributed by atoms with Gasteiger partial charge in [-0.2, -0.15) is 0 Å². The first-order valence-corrected chi connectivity index (χ1v) is 6.23. The quantitative estimate of drug-likeness (QED) is 0.808. The van der Waals surface area contributed by atoms with Crippen molar-refractivity contribution < 1.29 is 9.53 Å². The van der Waals surface area contributed by atoms with Crippen LogP contribution in [0.3, 0.4) is 0 Å². The van der Waals surface area contributed by atoms with Crippen LogP contribution in [0.5, 0.6) is 0 Å². The minimum atomic E-state index is -0.213. The number of ether oxygens (including phenoxy) is 1. The molecule has 5 heteroatoms. The van der Waals surface area contributed by atoms with Crippen molar-refractivity contribution in [3.63, 3.8) is 0 Å². The molecule has 1 fully saturated rings. The smallest absolute Gasteiger partial charge is 0.409 e. The number of carbonyl (C=O) groups excluding carboxylic acids is 1. The molecule has 0 atom stereocenters. The first-order valence-electron chi connectivity index (χ1n) is 6.23. The highest BCUT2D eigenvalue weighted by atomic mass is 16.6. The molecule has 1 aromatic carbocycles. The Bertz CT molecular complexity index is 397. The number of nitrogens with two attached hydrogens (primary N) is 1. The predicted molar refractivity (Wildman–Crippen MR) is 71.7 cm³/mol. The predicted octanol–water partition coefficient (Wildman–Crippen LogP) is 1.55. The zero-order chi connectivity index (χ0) is 13.0. The maximum atomic E-state index is 11.6. The summed E-state index contributed by atoms with van der Waals surface area (Å²) in [4.78, 5) is 15.5. The van der Waals surface area contributed by atoms with Crippen LogP contribution in [0.4, 0.5) is 16.2 Å². The van der Waals surface area contributed by atoms with E-state index in [9.17, 15) is 4.79 Å². The van der Waals surface area contributed by atoms with E-state index in [0.717, 1.165) is 24.5 Å². The fraction of sp³-hybridized carbons (Fsp3) is 0.462. The van der Waals surface area contributed by atoms with E-state index in [1.807, 2.05) is 31.2 Å². The molecule has 0 saturated carbocycles. The largest absolute Gasteiger partial charge is 0.450 e. The molecule has 0 unspecified atom stereocenters. The average Bonchev–Trinajstić information content (AvgIpc) is 2.40. The van der Waals surface area contributed by atoms with Crippen molar-refractivity contribution in [1.82, 2.24) is 4.90 Å². The standard InChI is InChI=1S/C13H19N3O2/c1-2-18-13(17)16-9-7-15(8-10-16)12-5-3-11(14)4-6-12/h3-6H,2,7-10,14H2,1H3. The van der Waals surface area contributed by atoms with Crippen LogP contribution in [0.25, 0.3) is 0 Å². The molecule has 1 aliphatic heterocycles. The minimum Gasteiger partial charge on any atom is -0.450 e. The molecule has 0 aliphatic carbocycles. The third-order valence-corrected chi connectivity index (χ3v) is 3.06. The van der Waals surface area contributed by atoms with Crippen molar-refractivity contribution in [1.29, 1.82) is 0 Å². The van der Waals surface area contributed by atoms with Gasteiger partial charge in [-0.25, -0.2) is 4.79 Å². The summed E-state index contributed by atoms with van der Waals surface area (Å²) in [5.74, 6) is 0. The zero-order valence-corrected chi connectivity index (χ0v) is 10.6. The number of amides is 1. The first kappa shape index (κ1) is 12.5. The van der Waals surface area contributed by atoms with E-state index in [4.69, 9.17) is 10.5 Å². The summed E-state index contributed by atoms with van der Waals surface area (Å²) >= 11 is 0. The molecule has 1 amide bonds. The monoisotopic (exact) mass is 249 g/mol. The highest BCUT2D eigenvalue weighted by Crippen LogP contribution is 2.18. The Hall–Kier alpha value is -1.91. The third-order valence-electron chi connectivity index (χ3n) is 3.06. The molecule has 1 aliphatic rings. The number of carbonyl (C=O) groups is 1. The lowest BCUT2D eigenvalue weighted by molar-refractivity contribution is 0.105. The summed E-state index contributed by atoms with van der Waals surface area (Å²) < 4.78 is 4.99. The van der Waals surface area contributed by atoms with Crippen LogP contribution < -0.4 is 10.6 Å². The topological polar surface area (TPSA) is 58.8 Å². The number of anilines is 2. The minimum absolute atomic E-state index is 0.213. The van der Waals surface area contributed by atoms with Gasteiger partial charge in [0, 0.05) is 37.6 Å². The average molecular weight is 249 g/mol. The molecular weight excluding hydrogens is 230 g/mol. The van der Waals surface area contributed by atoms with Crippen molar-refractivity contribution >= 4 is 17.5 Å². The number of hydrogen-bond donors (Lipinski definition) is 1. The molecule has 1 aromatic rings. The molecular formula is C13H19N3O2. The molecule has 1 heterocycles. The Morgan fingerprint density at radius 2 is 1.83 bits per heavy atom. The van der Waals surface area contributed by atoms with Crippen LogP contribution in [0.15, 0.2) is 24.3 Å². The van der Waals surface area contributed by atoms with E-state index in [0.29, 0.717) is 19.7 Å². The summed E-state index contributed by atoms with van der Waals surface area (Å²) in [6.07, 6.45) is -0.213. The summed E-state index contributed by atoms with van der Waals surface area (Å²) in [6, 6.07) is 7.81. The third kappa shape index (κ3) is 2.85. The van der Waals surface area contributed by atoms with E-state index in [2.05, 4.69) is 4.90 Å². The second kappa shape index (κ2) is 5.62. The van der Waals surface area contributed by atoms with Gasteiger partial charge in [0.25, 0.3) is 0 Å². The zero-order valence-electron chi connectivity index (χ0n) is 10.6. The molecule has 2 rings (SSSR count). The second-order valence-electron chi connectivity index (χ2n) is 4.26. The number of benzene rings is 1. The van der Waals surface area contributed by atoms with Gasteiger partial charge in [0.1, 0.15) is 0 Å². The fourth-order valence-electron chi connectivity index (χ4n) is 2.05. The maximum Gasteiger partial charge on any atom is 0.409 e. The second-order valence-corrected chi connectivity index (χ2v) is 4.26. The molecule has 0 aromatic heterocycles. The normalized spacial score (nSPS) is 15.6. The Kier molecular flexibility index (Phi) is 3.92. The molecule has 18 heavy (non-hydrogen) atoms. The van der Waals surface area contributed by atoms with Gasteiger partial charge in [-0.1, -0.05) is 0 Å². The van der Waals surface area contributed by atoms with E-state index in [-0.39, 0.29) is 6.09 Å². The van der Waals surface area contributed by atoms with Gasteiger partial charge in [0.05, 0.1) is 6.61 Å². The Morgan fingerprint density at radius 1 is 1.22 bits per heavy atom. The molecule has 0 radical (unpaired) electrons. The SMILES string of the molecule is CCOC(=O)N1CCN(c2ccc(N)cc2)CC1. The Morgan fingerprint density at radius 3 is 2.39 bits per heavy atom. The summed E-state index contributed by atoms with van der Waals surface area (Å²) in [6.45, 7) is 5.29. The molecule has 2 N–H and O–H groups in total. The van der Waals surface area contributed by atoms with E-state index < -0.39 is 0 Å². The Balaban J connectivity index is 1.90. The van der Waals surface area contributed by atoms with Crippen LogP contribution in [0, 0.1) is 0 Å². The molecule has 1 saturated heterocycles. The van der Waals surface area contributed by atoms with E-state index >= 15 is 0 Å². The van der Waals surface area contributed by atoms with Crippen molar-refractivity contribution in [2.45, 2.75) is 6.92 Å². The van der Waals surface area contributed by atoms with E-state index in [1.165, 1.54) is 0 Å². The van der Waals surface area contributed by atoms with Crippen molar-refractivity contribution in [2.75, 3.05) is 43.4 Å². The lowest BCUT2D eigenvalue weighted by Crippen LogP contribution is -2.49.